The van der Waals surface area contributed by atoms with Crippen molar-refractivity contribution in [2.45, 2.75) is 32.4 Å². The van der Waals surface area contributed by atoms with Gasteiger partial charge in [-0.3, -0.25) is 0 Å². The van der Waals surface area contributed by atoms with Gasteiger partial charge in [0.05, 0.1) is 6.10 Å². The Bertz CT molecular complexity index is 280. The molecule has 6 heteroatoms. The zero-order valence-corrected chi connectivity index (χ0v) is 9.51. The molecule has 0 unspecified atom stereocenters. The number of hydrogen-bond donors (Lipinski definition) is 3. The number of urea groups is 1. The molecule has 6 nitrogen and oxygen atoms in total. The molecule has 1 saturated heterocycles. The topological polar surface area (TPSA) is 89.9 Å². The SMILES string of the molecule is CC(C)CNC(=O)N1C[C@H](O)C[C@H]1C(=O)O. The van der Waals surface area contributed by atoms with Crippen LogP contribution in [0.4, 0.5) is 4.79 Å². The highest BCUT2D eigenvalue weighted by atomic mass is 16.4. The molecular formula is C10H18N2O4. The fourth-order valence-corrected chi connectivity index (χ4v) is 1.67. The molecular weight excluding hydrogens is 212 g/mol. The van der Waals surface area contributed by atoms with E-state index in [1.54, 1.807) is 0 Å². The minimum Gasteiger partial charge on any atom is -0.480 e. The van der Waals surface area contributed by atoms with Gasteiger partial charge in [0.25, 0.3) is 0 Å². The van der Waals surface area contributed by atoms with Crippen LogP contribution in [-0.2, 0) is 4.79 Å². The molecule has 0 aromatic rings. The van der Waals surface area contributed by atoms with E-state index < -0.39 is 24.1 Å². The minimum absolute atomic E-state index is 0.0842. The van der Waals surface area contributed by atoms with Crippen molar-refractivity contribution in [3.63, 3.8) is 0 Å². The number of carboxylic acids is 1. The van der Waals surface area contributed by atoms with Gasteiger partial charge in [-0.05, 0) is 5.92 Å². The summed E-state index contributed by atoms with van der Waals surface area (Å²) < 4.78 is 0. The van der Waals surface area contributed by atoms with Crippen molar-refractivity contribution >= 4 is 12.0 Å². The zero-order chi connectivity index (χ0) is 12.3. The number of aliphatic hydroxyl groups excluding tert-OH is 1. The van der Waals surface area contributed by atoms with E-state index in [1.165, 1.54) is 4.90 Å². The molecule has 1 rings (SSSR count). The van der Waals surface area contributed by atoms with Crippen molar-refractivity contribution in [2.24, 2.45) is 5.92 Å². The second kappa shape index (κ2) is 5.16. The summed E-state index contributed by atoms with van der Waals surface area (Å²) in [7, 11) is 0. The summed E-state index contributed by atoms with van der Waals surface area (Å²) in [4.78, 5) is 23.7. The molecule has 0 radical (unpaired) electrons. The number of hydrogen-bond acceptors (Lipinski definition) is 3. The first-order valence-corrected chi connectivity index (χ1v) is 5.37. The molecule has 1 fully saturated rings. The third kappa shape index (κ3) is 3.10. The van der Waals surface area contributed by atoms with E-state index in [4.69, 9.17) is 5.11 Å². The standard InChI is InChI=1S/C10H18N2O4/c1-6(2)4-11-10(16)12-5-7(13)3-8(12)9(14)15/h6-8,13H,3-5H2,1-2H3,(H,11,16)(H,14,15)/t7-,8+/m1/s1. The fourth-order valence-electron chi connectivity index (χ4n) is 1.67. The van der Waals surface area contributed by atoms with E-state index in [1.807, 2.05) is 13.8 Å². The van der Waals surface area contributed by atoms with Gasteiger partial charge in [0, 0.05) is 19.5 Å². The summed E-state index contributed by atoms with van der Waals surface area (Å²) in [5.41, 5.74) is 0. The van der Waals surface area contributed by atoms with Crippen molar-refractivity contribution in [1.29, 1.82) is 0 Å². The third-order valence-corrected chi connectivity index (χ3v) is 2.49. The molecule has 1 heterocycles. The molecule has 3 N–H and O–H groups in total. The van der Waals surface area contributed by atoms with Gasteiger partial charge in [-0.15, -0.1) is 0 Å². The summed E-state index contributed by atoms with van der Waals surface area (Å²) in [6, 6.07) is -1.33. The highest BCUT2D eigenvalue weighted by Gasteiger charge is 2.38. The van der Waals surface area contributed by atoms with E-state index in [9.17, 15) is 14.7 Å². The summed E-state index contributed by atoms with van der Waals surface area (Å²) in [5.74, 6) is -0.768. The van der Waals surface area contributed by atoms with Crippen LogP contribution in [0.1, 0.15) is 20.3 Å². The lowest BCUT2D eigenvalue weighted by Crippen LogP contribution is -2.47. The number of β-amino-alcohol motifs (C(OH)–C–C–N with tert-alkyl or cyclic N) is 1. The smallest absolute Gasteiger partial charge is 0.326 e. The Morgan fingerprint density at radius 1 is 1.50 bits per heavy atom. The number of aliphatic carboxylic acids is 1. The van der Waals surface area contributed by atoms with Crippen molar-refractivity contribution in [3.8, 4) is 0 Å². The molecule has 2 amide bonds. The summed E-state index contributed by atoms with van der Waals surface area (Å²) in [5, 5.41) is 20.9. The summed E-state index contributed by atoms with van der Waals surface area (Å²) >= 11 is 0. The third-order valence-electron chi connectivity index (χ3n) is 2.49. The van der Waals surface area contributed by atoms with Gasteiger partial charge in [-0.2, -0.15) is 0 Å². The van der Waals surface area contributed by atoms with E-state index >= 15 is 0 Å². The Labute approximate surface area is 94.2 Å². The number of aliphatic hydroxyl groups is 1. The van der Waals surface area contributed by atoms with Crippen molar-refractivity contribution < 1.29 is 19.8 Å². The Balaban J connectivity index is 2.56. The number of carbonyl (C=O) groups is 2. The average molecular weight is 230 g/mol. The maximum absolute atomic E-state index is 11.7. The predicted octanol–water partition coefficient (Wildman–Crippen LogP) is -0.128. The van der Waals surface area contributed by atoms with Gasteiger partial charge in [-0.1, -0.05) is 13.8 Å². The van der Waals surface area contributed by atoms with Crippen molar-refractivity contribution in [2.75, 3.05) is 13.1 Å². The molecule has 0 aromatic heterocycles. The van der Waals surface area contributed by atoms with Crippen LogP contribution in [-0.4, -0.2) is 52.3 Å². The van der Waals surface area contributed by atoms with Crippen molar-refractivity contribution in [1.82, 2.24) is 10.2 Å². The number of rotatable bonds is 3. The van der Waals surface area contributed by atoms with E-state index in [2.05, 4.69) is 5.32 Å². The van der Waals surface area contributed by atoms with Crippen LogP contribution in [0, 0.1) is 5.92 Å². The van der Waals surface area contributed by atoms with Crippen LogP contribution in [0.15, 0.2) is 0 Å². The molecule has 0 aromatic carbocycles. The molecule has 1 aliphatic heterocycles. The average Bonchev–Trinajstić information content (AvgIpc) is 2.56. The first-order valence-electron chi connectivity index (χ1n) is 5.37. The fraction of sp³-hybridized carbons (Fsp3) is 0.800. The van der Waals surface area contributed by atoms with Crippen LogP contribution in [0.5, 0.6) is 0 Å². The highest BCUT2D eigenvalue weighted by Crippen LogP contribution is 2.18. The summed E-state index contributed by atoms with van der Waals surface area (Å²) in [6.45, 7) is 4.49. The number of amides is 2. The van der Waals surface area contributed by atoms with Crippen LogP contribution < -0.4 is 5.32 Å². The Hall–Kier alpha value is -1.30. The second-order valence-electron chi connectivity index (χ2n) is 4.48. The minimum atomic E-state index is -1.07. The predicted molar refractivity (Wildman–Crippen MR) is 57.0 cm³/mol. The number of likely N-dealkylation sites (tertiary alicyclic amines) is 1. The van der Waals surface area contributed by atoms with Crippen LogP contribution in [0.25, 0.3) is 0 Å². The second-order valence-corrected chi connectivity index (χ2v) is 4.48. The number of carboxylic acid groups (broad SMARTS) is 1. The zero-order valence-electron chi connectivity index (χ0n) is 9.51. The maximum Gasteiger partial charge on any atom is 0.326 e. The molecule has 0 bridgehead atoms. The monoisotopic (exact) mass is 230 g/mol. The molecule has 0 aliphatic carbocycles. The first kappa shape index (κ1) is 12.8. The lowest BCUT2D eigenvalue weighted by molar-refractivity contribution is -0.141. The highest BCUT2D eigenvalue weighted by molar-refractivity contribution is 5.83. The molecule has 2 atom stereocenters. The molecule has 92 valence electrons. The quantitative estimate of drug-likeness (QED) is 0.630. The van der Waals surface area contributed by atoms with Gasteiger partial charge >= 0.3 is 12.0 Å². The first-order chi connectivity index (χ1) is 7.41. The van der Waals surface area contributed by atoms with E-state index in [-0.39, 0.29) is 13.0 Å². The van der Waals surface area contributed by atoms with Gasteiger partial charge in [-0.25, -0.2) is 9.59 Å². The Kier molecular flexibility index (Phi) is 4.12. The van der Waals surface area contributed by atoms with Crippen LogP contribution in [0.3, 0.4) is 0 Å². The van der Waals surface area contributed by atoms with Gasteiger partial charge < -0.3 is 20.4 Å². The van der Waals surface area contributed by atoms with Gasteiger partial charge in [0.2, 0.25) is 0 Å². The normalized spacial score (nSPS) is 24.9. The molecule has 16 heavy (non-hydrogen) atoms. The van der Waals surface area contributed by atoms with E-state index in [0.29, 0.717) is 12.5 Å². The van der Waals surface area contributed by atoms with Crippen LogP contribution in [0.2, 0.25) is 0 Å². The lowest BCUT2D eigenvalue weighted by Gasteiger charge is -2.22. The maximum atomic E-state index is 11.7. The number of nitrogens with zero attached hydrogens (tertiary/aromatic N) is 1. The van der Waals surface area contributed by atoms with Crippen LogP contribution >= 0.6 is 0 Å². The van der Waals surface area contributed by atoms with Gasteiger partial charge in [0.15, 0.2) is 0 Å². The summed E-state index contributed by atoms with van der Waals surface area (Å²) in [6.07, 6.45) is -0.643. The molecule has 0 spiro atoms. The van der Waals surface area contributed by atoms with Crippen molar-refractivity contribution in [3.05, 3.63) is 0 Å². The largest absolute Gasteiger partial charge is 0.480 e. The van der Waals surface area contributed by atoms with E-state index in [0.717, 1.165) is 0 Å². The Morgan fingerprint density at radius 2 is 2.12 bits per heavy atom. The lowest BCUT2D eigenvalue weighted by atomic mass is 10.2. The molecule has 1 aliphatic rings. The number of carbonyl (C=O) groups excluding carboxylic acids is 1. The van der Waals surface area contributed by atoms with Gasteiger partial charge in [0.1, 0.15) is 6.04 Å². The Morgan fingerprint density at radius 3 is 2.62 bits per heavy atom. The molecule has 0 saturated carbocycles. The number of nitrogens with one attached hydrogen (secondary N) is 1.